The molecule has 206 valence electrons. The van der Waals surface area contributed by atoms with E-state index in [0.29, 0.717) is 37.8 Å². The molecule has 39 heavy (non-hydrogen) atoms. The van der Waals surface area contributed by atoms with Crippen LogP contribution >= 0.6 is 22.6 Å². The number of rotatable bonds is 7. The van der Waals surface area contributed by atoms with E-state index in [-0.39, 0.29) is 17.1 Å². The molecule has 2 fully saturated rings. The number of ether oxygens (including phenoxy) is 1. The minimum Gasteiger partial charge on any atom is -0.508 e. The Labute approximate surface area is 241 Å². The van der Waals surface area contributed by atoms with Crippen molar-refractivity contribution in [2.24, 2.45) is 5.41 Å². The van der Waals surface area contributed by atoms with Gasteiger partial charge in [0.05, 0.1) is 37.1 Å². The van der Waals surface area contributed by atoms with E-state index in [1.165, 1.54) is 0 Å². The lowest BCUT2D eigenvalue weighted by atomic mass is 10.0. The number of fused-ring (bicyclic) bond motifs is 2. The molecule has 1 saturated carbocycles. The van der Waals surface area contributed by atoms with E-state index in [2.05, 4.69) is 46.5 Å². The zero-order chi connectivity index (χ0) is 27.3. The van der Waals surface area contributed by atoms with Gasteiger partial charge in [0.2, 0.25) is 0 Å². The molecule has 1 aliphatic carbocycles. The summed E-state index contributed by atoms with van der Waals surface area (Å²) in [5.74, 6) is 0.652. The van der Waals surface area contributed by atoms with Gasteiger partial charge in [-0.2, -0.15) is 9.97 Å². The average molecular weight is 644 g/mol. The molecule has 2 aromatic carbocycles. The van der Waals surface area contributed by atoms with Crippen molar-refractivity contribution in [3.05, 3.63) is 50.7 Å². The molecule has 1 aromatic heterocycles. The van der Waals surface area contributed by atoms with Gasteiger partial charge in [-0.3, -0.25) is 4.79 Å². The number of aromatic nitrogens is 2. The maximum absolute atomic E-state index is 13.9. The second-order valence-electron chi connectivity index (χ2n) is 11.5. The van der Waals surface area contributed by atoms with Crippen LogP contribution in [-0.4, -0.2) is 82.3 Å². The molecular weight excluding hydrogens is 609 g/mol. The van der Waals surface area contributed by atoms with Gasteiger partial charge in [-0.15, -0.1) is 0 Å². The number of nitrogens with zero attached hydrogens (tertiary/aromatic N) is 5. The molecule has 1 atom stereocenters. The lowest BCUT2D eigenvalue weighted by molar-refractivity contribution is 0.0751. The summed E-state index contributed by atoms with van der Waals surface area (Å²) in [5.41, 5.74) is 2.29. The summed E-state index contributed by atoms with van der Waals surface area (Å²) >= 11 is 2.24. The number of amides is 1. The number of aromatic hydroxyl groups is 1. The third-order valence-corrected chi connectivity index (χ3v) is 8.88. The predicted molar refractivity (Wildman–Crippen MR) is 157 cm³/mol. The number of anilines is 1. The SMILES string of the molecule is CN(C)CC1(COc2nc3c(c(N4CCC[C@@H](O)C4)n2)CN(C(=O)c2cc(O)cc4cccc(I)c24)C3)CC1. The van der Waals surface area contributed by atoms with Gasteiger partial charge in [0.15, 0.2) is 0 Å². The van der Waals surface area contributed by atoms with E-state index in [1.807, 2.05) is 18.2 Å². The Bertz CT molecular complexity index is 1430. The Hall–Kier alpha value is -2.70. The molecule has 10 heteroatoms. The summed E-state index contributed by atoms with van der Waals surface area (Å²) in [6, 6.07) is 9.37. The lowest BCUT2D eigenvalue weighted by Gasteiger charge is -2.32. The molecule has 0 radical (unpaired) electrons. The second kappa shape index (κ2) is 10.4. The molecule has 2 N–H and O–H groups in total. The van der Waals surface area contributed by atoms with E-state index in [9.17, 15) is 15.0 Å². The van der Waals surface area contributed by atoms with E-state index < -0.39 is 6.10 Å². The molecule has 0 bridgehead atoms. The fourth-order valence-electron chi connectivity index (χ4n) is 5.95. The minimum atomic E-state index is -0.413. The third kappa shape index (κ3) is 5.38. The number of β-amino-alcohol motifs (C(OH)–C–C–N with tert-alkyl or cyclic N) is 1. The molecule has 0 unspecified atom stereocenters. The monoisotopic (exact) mass is 643 g/mol. The summed E-state index contributed by atoms with van der Waals surface area (Å²) in [4.78, 5) is 29.6. The summed E-state index contributed by atoms with van der Waals surface area (Å²) in [7, 11) is 4.15. The van der Waals surface area contributed by atoms with Crippen molar-refractivity contribution in [3.8, 4) is 11.8 Å². The molecule has 9 nitrogen and oxygen atoms in total. The summed E-state index contributed by atoms with van der Waals surface area (Å²) in [5, 5.41) is 22.4. The van der Waals surface area contributed by atoms with Crippen LogP contribution < -0.4 is 9.64 Å². The number of halogens is 1. The zero-order valence-corrected chi connectivity index (χ0v) is 24.5. The zero-order valence-electron chi connectivity index (χ0n) is 22.4. The molecule has 3 aromatic rings. The van der Waals surface area contributed by atoms with Crippen LogP contribution in [0.3, 0.4) is 0 Å². The summed E-state index contributed by atoms with van der Waals surface area (Å²) < 4.78 is 7.17. The average Bonchev–Trinajstić information content (AvgIpc) is 3.51. The van der Waals surface area contributed by atoms with Gasteiger partial charge >= 0.3 is 6.01 Å². The summed E-state index contributed by atoms with van der Waals surface area (Å²) in [6.07, 6.45) is 3.48. The number of hydrogen-bond donors (Lipinski definition) is 2. The first-order chi connectivity index (χ1) is 18.7. The Morgan fingerprint density at radius 1 is 1.23 bits per heavy atom. The Morgan fingerprint density at radius 3 is 2.79 bits per heavy atom. The third-order valence-electron chi connectivity index (χ3n) is 7.98. The molecule has 1 saturated heterocycles. The fourth-order valence-corrected chi connectivity index (χ4v) is 6.76. The summed E-state index contributed by atoms with van der Waals surface area (Å²) in [6.45, 7) is 3.50. The Morgan fingerprint density at radius 2 is 2.05 bits per heavy atom. The van der Waals surface area contributed by atoms with Gasteiger partial charge in [0, 0.05) is 39.6 Å². The highest BCUT2D eigenvalue weighted by Gasteiger charge is 2.44. The van der Waals surface area contributed by atoms with E-state index >= 15 is 0 Å². The van der Waals surface area contributed by atoms with Crippen LogP contribution in [0.15, 0.2) is 30.3 Å². The van der Waals surface area contributed by atoms with Crippen LogP contribution in [0.2, 0.25) is 0 Å². The number of piperidine rings is 1. The van der Waals surface area contributed by atoms with Crippen LogP contribution in [0.25, 0.3) is 10.8 Å². The number of carbonyl (C=O) groups is 1. The normalized spacial score (nSPS) is 20.0. The molecule has 3 heterocycles. The van der Waals surface area contributed by atoms with Crippen molar-refractivity contribution < 1.29 is 19.7 Å². The predicted octanol–water partition coefficient (Wildman–Crippen LogP) is 3.78. The van der Waals surface area contributed by atoms with Gasteiger partial charge in [0.25, 0.3) is 5.91 Å². The van der Waals surface area contributed by atoms with Gasteiger partial charge in [-0.1, -0.05) is 12.1 Å². The highest BCUT2D eigenvalue weighted by Crippen LogP contribution is 2.46. The molecule has 2 aliphatic heterocycles. The Kier molecular flexibility index (Phi) is 7.05. The maximum Gasteiger partial charge on any atom is 0.318 e. The molecule has 3 aliphatic rings. The smallest absolute Gasteiger partial charge is 0.318 e. The number of phenolic OH excluding ortho intramolecular Hbond substituents is 1. The second-order valence-corrected chi connectivity index (χ2v) is 12.7. The van der Waals surface area contributed by atoms with Crippen molar-refractivity contribution >= 4 is 45.1 Å². The number of aliphatic hydroxyl groups excluding tert-OH is 1. The fraction of sp³-hybridized carbons (Fsp3) is 0.483. The highest BCUT2D eigenvalue weighted by atomic mass is 127. The van der Waals surface area contributed by atoms with E-state index in [0.717, 1.165) is 70.2 Å². The molecular formula is C29H34IN5O4. The van der Waals surface area contributed by atoms with E-state index in [1.54, 1.807) is 17.0 Å². The standard InChI is InChI=1S/C29H34IN5O4/c1-33(2)16-29(8-9-29)17-39-28-31-24-15-35(14-22(24)26(32-28)34-10-4-6-19(36)13-34)27(38)21-12-20(37)11-18-5-3-7-23(30)25(18)21/h3,5,7,11-12,19,36-37H,4,6,8-10,13-17H2,1-2H3/t19-/m1/s1. The van der Waals surface area contributed by atoms with Gasteiger partial charge in [-0.25, -0.2) is 0 Å². The first kappa shape index (κ1) is 26.5. The van der Waals surface area contributed by atoms with Crippen LogP contribution in [0.1, 0.15) is 47.3 Å². The lowest BCUT2D eigenvalue weighted by Crippen LogP contribution is -2.39. The molecule has 1 amide bonds. The van der Waals surface area contributed by atoms with Crippen molar-refractivity contribution in [3.63, 3.8) is 0 Å². The number of benzene rings is 2. The van der Waals surface area contributed by atoms with E-state index in [4.69, 9.17) is 14.7 Å². The van der Waals surface area contributed by atoms with Crippen LogP contribution in [0.4, 0.5) is 5.82 Å². The largest absolute Gasteiger partial charge is 0.508 e. The Balaban J connectivity index is 1.32. The quantitative estimate of drug-likeness (QED) is 0.376. The molecule has 6 rings (SSSR count). The number of hydrogen-bond acceptors (Lipinski definition) is 8. The van der Waals surface area contributed by atoms with Gasteiger partial charge < -0.3 is 29.6 Å². The highest BCUT2D eigenvalue weighted by molar-refractivity contribution is 14.1. The van der Waals surface area contributed by atoms with Crippen LogP contribution in [-0.2, 0) is 13.1 Å². The first-order valence-electron chi connectivity index (χ1n) is 13.5. The van der Waals surface area contributed by atoms with Crippen molar-refractivity contribution in [2.75, 3.05) is 45.2 Å². The van der Waals surface area contributed by atoms with Crippen molar-refractivity contribution in [1.29, 1.82) is 0 Å². The number of aliphatic hydroxyl groups is 1. The number of phenols is 1. The van der Waals surface area contributed by atoms with Gasteiger partial charge in [-0.05, 0) is 86.0 Å². The van der Waals surface area contributed by atoms with Gasteiger partial charge in [0.1, 0.15) is 11.6 Å². The van der Waals surface area contributed by atoms with Crippen molar-refractivity contribution in [1.82, 2.24) is 19.8 Å². The van der Waals surface area contributed by atoms with Crippen molar-refractivity contribution in [2.45, 2.75) is 44.9 Å². The first-order valence-corrected chi connectivity index (χ1v) is 14.6. The van der Waals surface area contributed by atoms with Crippen LogP contribution in [0.5, 0.6) is 11.8 Å². The molecule has 0 spiro atoms. The number of carbonyl (C=O) groups excluding carboxylic acids is 1. The maximum atomic E-state index is 13.9. The van der Waals surface area contributed by atoms with Crippen LogP contribution in [0, 0.1) is 8.99 Å². The minimum absolute atomic E-state index is 0.0646. The topological polar surface area (TPSA) is 102 Å².